The molecule has 0 bridgehead atoms. The number of rotatable bonds is 3. The van der Waals surface area contributed by atoms with Crippen LogP contribution in [0.1, 0.15) is 89.1 Å². The maximum atomic E-state index is 12.6. The van der Waals surface area contributed by atoms with Gasteiger partial charge in [-0.2, -0.15) is 0 Å². The smallest absolute Gasteiger partial charge is 0.453 e. The number of para-hydroxylation sites is 8. The number of amides is 3. The normalized spacial score (nSPS) is 19.1. The van der Waals surface area contributed by atoms with Crippen molar-refractivity contribution in [3.8, 4) is 11.5 Å². The van der Waals surface area contributed by atoms with E-state index in [9.17, 15) is 29.4 Å². The molecule has 0 aliphatic carbocycles. The molecular formula is C71H84N6O12. The maximum absolute atomic E-state index is 12.6. The molecule has 0 spiro atoms. The molecular weight excluding hydrogens is 1130 g/mol. The van der Waals surface area contributed by atoms with Gasteiger partial charge >= 0.3 is 24.4 Å². The molecule has 6 aromatic carbocycles. The molecule has 1 unspecified atom stereocenters. The number of aliphatic hydroxyl groups is 2. The highest BCUT2D eigenvalue weighted by Crippen LogP contribution is 2.48. The lowest BCUT2D eigenvalue weighted by Gasteiger charge is -2.41. The first-order valence-corrected chi connectivity index (χ1v) is 30.2. The van der Waals surface area contributed by atoms with E-state index in [2.05, 4.69) is 64.5 Å². The lowest BCUT2D eigenvalue weighted by molar-refractivity contribution is -0.0704. The predicted octanol–water partition coefficient (Wildman–Crippen LogP) is 14.8. The number of aromatic nitrogens is 2. The first kappa shape index (κ1) is 64.5. The molecule has 470 valence electrons. The van der Waals surface area contributed by atoms with Crippen molar-refractivity contribution in [2.75, 3.05) is 44.2 Å². The van der Waals surface area contributed by atoms with Gasteiger partial charge in [0, 0.05) is 69.8 Å². The number of aliphatic hydroxyl groups excluding tert-OH is 2. The number of piperidine rings is 1. The largest absolute Gasteiger partial charge is 0.509 e. The summed E-state index contributed by atoms with van der Waals surface area (Å²) in [5, 5.41) is 26.1. The lowest BCUT2D eigenvalue weighted by Crippen LogP contribution is -2.55. The Bertz CT molecular complexity index is 3710. The monoisotopic (exact) mass is 1210 g/mol. The molecule has 0 saturated carbocycles. The number of aromatic amines is 1. The number of carbonyl (C=O) groups excluding carboxylic acids is 4. The zero-order valence-electron chi connectivity index (χ0n) is 53.0. The highest BCUT2D eigenvalue weighted by atomic mass is 16.7. The quantitative estimate of drug-likeness (QED) is 0.0859. The van der Waals surface area contributed by atoms with E-state index >= 15 is 0 Å². The van der Waals surface area contributed by atoms with E-state index in [0.717, 1.165) is 44.7 Å². The fourth-order valence-corrected chi connectivity index (χ4v) is 10.9. The maximum Gasteiger partial charge on any atom is 0.509 e. The van der Waals surface area contributed by atoms with Crippen LogP contribution in [0.5, 0.6) is 11.5 Å². The molecule has 6 heterocycles. The number of benzene rings is 6. The molecule has 1 fully saturated rings. The highest BCUT2D eigenvalue weighted by Gasteiger charge is 2.41. The molecule has 18 nitrogen and oxygen atoms in total. The Morgan fingerprint density at radius 2 is 0.888 bits per heavy atom. The number of β-amino-alcohol motifs (C(OH)–C–C–N with tert-alkyl or cyclic N) is 1. The third kappa shape index (κ3) is 16.4. The van der Waals surface area contributed by atoms with Crippen LogP contribution in [0, 0.1) is 0 Å². The fraction of sp³-hybridized carbons (Fsp3) is 0.380. The van der Waals surface area contributed by atoms with Gasteiger partial charge in [-0.15, -0.1) is 0 Å². The van der Waals surface area contributed by atoms with Crippen LogP contribution in [0.25, 0.3) is 43.6 Å². The second kappa shape index (κ2) is 26.8. The lowest BCUT2D eigenvalue weighted by atomic mass is 9.99. The molecule has 5 atom stereocenters. The van der Waals surface area contributed by atoms with Gasteiger partial charge in [0.05, 0.1) is 42.7 Å². The predicted molar refractivity (Wildman–Crippen MR) is 348 cm³/mol. The first-order valence-electron chi connectivity index (χ1n) is 30.2. The van der Waals surface area contributed by atoms with Gasteiger partial charge in [0.15, 0.2) is 11.5 Å². The Hall–Kier alpha value is -9.00. The molecule has 12 rings (SSSR count). The Morgan fingerprint density at radius 1 is 0.472 bits per heavy atom. The van der Waals surface area contributed by atoms with Crippen LogP contribution in [-0.2, 0) is 23.7 Å². The number of hydrogen-bond donors (Lipinski definition) is 3. The van der Waals surface area contributed by atoms with Crippen molar-refractivity contribution < 1.29 is 57.8 Å². The average molecular weight is 1210 g/mol. The topological polar surface area (TPSA) is 198 Å². The number of anilines is 2. The Kier molecular flexibility index (Phi) is 19.4. The average Bonchev–Trinajstić information content (AvgIpc) is 1.81. The van der Waals surface area contributed by atoms with Crippen LogP contribution in [0.15, 0.2) is 170 Å². The number of nitrogens with zero attached hydrogens (tertiary/aromatic N) is 5. The van der Waals surface area contributed by atoms with Crippen molar-refractivity contribution in [1.29, 1.82) is 0 Å². The minimum Gasteiger partial charge on any atom is -0.453 e. The summed E-state index contributed by atoms with van der Waals surface area (Å²) in [5.74, 6) is 1.64. The number of nitrogens with one attached hydrogen (secondary N) is 1. The number of ether oxygens (including phenoxy) is 6. The third-order valence-corrected chi connectivity index (χ3v) is 14.5. The Morgan fingerprint density at radius 3 is 1.38 bits per heavy atom. The number of H-pyrrole nitrogens is 1. The molecule has 1 saturated heterocycles. The molecule has 3 amide bonds. The number of hydrogen-bond acceptors (Lipinski definition) is 13. The summed E-state index contributed by atoms with van der Waals surface area (Å²) in [7, 11) is 0. The van der Waals surface area contributed by atoms with Crippen molar-refractivity contribution in [2.45, 2.75) is 136 Å². The van der Waals surface area contributed by atoms with E-state index in [1.165, 1.54) is 31.6 Å². The zero-order valence-corrected chi connectivity index (χ0v) is 53.0. The van der Waals surface area contributed by atoms with Crippen LogP contribution in [-0.4, -0.2) is 145 Å². The zero-order chi connectivity index (χ0) is 64.0. The molecule has 4 aliphatic heterocycles. The van der Waals surface area contributed by atoms with Gasteiger partial charge in [0.2, 0.25) is 0 Å². The van der Waals surface area contributed by atoms with E-state index in [-0.39, 0.29) is 31.8 Å². The van der Waals surface area contributed by atoms with Gasteiger partial charge in [-0.05, 0) is 138 Å². The minimum atomic E-state index is -1.05. The molecule has 0 radical (unpaired) electrons. The second-order valence-corrected chi connectivity index (χ2v) is 26.4. The summed E-state index contributed by atoms with van der Waals surface area (Å²) in [6.45, 7) is 23.9. The van der Waals surface area contributed by atoms with Gasteiger partial charge in [-0.1, -0.05) is 115 Å². The standard InChI is InChI=1S/C22H26N2O4.C22H24N2O3.C15H25NO5.C12H9N/c1-22(2,3)28-21(27)23-12-18(20(26)19(25)13-23)24-16-10-6-4-8-14(16)15-9-5-7-11-17(15)24;1-22(2,3)27-21(25)23-14-8-9-16(15-23)24-17-10-4-6-12-19(17)26-20-13-7-5-11-18(20)24;1-14(2,3)20-12(17)16-9-7-8-11(10-16)19-13(18)21-15(4,5)6;1-3-7-11-9(5-1)10-6-2-4-8-12(10)13-11/h4-11,18-20,25-26H,12-13H2,1-3H3;4-13,16H,14-15H2,1-3H3;7-8,11H,9-10H2,1-6H3;1-8,13H/t18-,19-,20+;16-;;/m10../s1. The van der Waals surface area contributed by atoms with Crippen LogP contribution in [0.2, 0.25) is 0 Å². The summed E-state index contributed by atoms with van der Waals surface area (Å²) in [5.41, 5.74) is 4.05. The second-order valence-electron chi connectivity index (χ2n) is 26.4. The van der Waals surface area contributed by atoms with Gasteiger partial charge in [0.1, 0.15) is 34.6 Å². The highest BCUT2D eigenvalue weighted by molar-refractivity contribution is 6.08. The van der Waals surface area contributed by atoms with Crippen molar-refractivity contribution in [1.82, 2.24) is 24.3 Å². The fourth-order valence-electron chi connectivity index (χ4n) is 10.9. The molecule has 18 heteroatoms. The minimum absolute atomic E-state index is 0.00234. The van der Waals surface area contributed by atoms with Crippen molar-refractivity contribution >= 4 is 79.4 Å². The molecule has 4 aliphatic rings. The number of carbonyl (C=O) groups is 4. The Labute approximate surface area is 520 Å². The van der Waals surface area contributed by atoms with Crippen LogP contribution < -0.4 is 9.64 Å². The SMILES string of the molecule is CC(C)(C)OC(=O)N1CC=C[C@H](N2c3ccccc3Oc3ccccc32)C1.CC(C)(C)OC(=O)N1C[C@@H](O)[C@@H](O)[C@H](n2c3ccccc3c3ccccc32)C1.CC(C)(C)OC(=O)OC1C=CCN(C(=O)OC(C)(C)C)C1.c1ccc2c(c1)[nH]c1ccccc12. The Balaban J connectivity index is 0.000000145. The van der Waals surface area contributed by atoms with E-state index in [0.29, 0.717) is 19.6 Å². The van der Waals surface area contributed by atoms with Crippen LogP contribution in [0.4, 0.5) is 30.6 Å². The summed E-state index contributed by atoms with van der Waals surface area (Å²) in [4.78, 5) is 59.1. The third-order valence-electron chi connectivity index (χ3n) is 14.5. The van der Waals surface area contributed by atoms with E-state index in [1.54, 1.807) is 58.6 Å². The van der Waals surface area contributed by atoms with E-state index in [1.807, 2.05) is 149 Å². The summed E-state index contributed by atoms with van der Waals surface area (Å²) < 4.78 is 34.7. The van der Waals surface area contributed by atoms with Gasteiger partial charge < -0.3 is 67.8 Å². The van der Waals surface area contributed by atoms with E-state index in [4.69, 9.17) is 28.4 Å². The van der Waals surface area contributed by atoms with Crippen molar-refractivity contribution in [3.05, 3.63) is 170 Å². The molecule has 3 N–H and O–H groups in total. The molecule has 89 heavy (non-hydrogen) atoms. The summed E-state index contributed by atoms with van der Waals surface area (Å²) in [6, 6.07) is 48.2. The van der Waals surface area contributed by atoms with Crippen LogP contribution >= 0.6 is 0 Å². The van der Waals surface area contributed by atoms with Gasteiger partial charge in [-0.3, -0.25) is 0 Å². The van der Waals surface area contributed by atoms with Crippen LogP contribution in [0.3, 0.4) is 0 Å². The first-order chi connectivity index (χ1) is 42.1. The van der Waals surface area contributed by atoms with Gasteiger partial charge in [0.25, 0.3) is 0 Å². The number of likely N-dealkylation sites (tertiary alicyclic amines) is 1. The van der Waals surface area contributed by atoms with Crippen molar-refractivity contribution in [3.63, 3.8) is 0 Å². The summed E-state index contributed by atoms with van der Waals surface area (Å²) >= 11 is 0. The van der Waals surface area contributed by atoms with E-state index < -0.39 is 65.1 Å². The number of fused-ring (bicyclic) bond motifs is 8. The molecule has 2 aromatic heterocycles. The van der Waals surface area contributed by atoms with Gasteiger partial charge in [-0.25, -0.2) is 19.2 Å². The van der Waals surface area contributed by atoms with Crippen molar-refractivity contribution in [2.24, 2.45) is 0 Å². The summed E-state index contributed by atoms with van der Waals surface area (Å²) in [6.07, 6.45) is 3.18. The molecule has 8 aromatic rings.